The van der Waals surface area contributed by atoms with E-state index in [9.17, 15) is 14.9 Å². The molecule has 122 valence electrons. The van der Waals surface area contributed by atoms with E-state index >= 15 is 0 Å². The number of carbonyl (C=O) groups is 1. The Labute approximate surface area is 145 Å². The van der Waals surface area contributed by atoms with E-state index in [1.165, 1.54) is 25.3 Å². The SMILES string of the molecule is COc1cc(C(=O)c2c(C)c(Br)c3ccccn23)ccc1[N+](=O)[O-]. The minimum absolute atomic E-state index is 0.0587. The van der Waals surface area contributed by atoms with E-state index in [2.05, 4.69) is 15.9 Å². The maximum Gasteiger partial charge on any atom is 0.310 e. The Morgan fingerprint density at radius 2 is 2.04 bits per heavy atom. The Hall–Kier alpha value is -2.67. The van der Waals surface area contributed by atoms with Crippen molar-refractivity contribution in [3.8, 4) is 5.75 Å². The highest BCUT2D eigenvalue weighted by atomic mass is 79.9. The number of rotatable bonds is 4. The number of nitrogens with zero attached hydrogens (tertiary/aromatic N) is 2. The van der Waals surface area contributed by atoms with Crippen LogP contribution in [0.2, 0.25) is 0 Å². The molecule has 0 spiro atoms. The molecule has 2 heterocycles. The molecule has 0 radical (unpaired) electrons. The Morgan fingerprint density at radius 1 is 1.29 bits per heavy atom. The normalized spacial score (nSPS) is 10.8. The maximum atomic E-state index is 13.0. The van der Waals surface area contributed by atoms with Crippen LogP contribution in [0, 0.1) is 17.0 Å². The summed E-state index contributed by atoms with van der Waals surface area (Å²) in [6.45, 7) is 1.85. The van der Waals surface area contributed by atoms with E-state index in [1.807, 2.05) is 31.3 Å². The number of nitro groups is 1. The molecule has 0 atom stereocenters. The number of carbonyl (C=O) groups excluding carboxylic acids is 1. The molecule has 0 fully saturated rings. The Morgan fingerprint density at radius 3 is 2.71 bits per heavy atom. The minimum atomic E-state index is -0.540. The number of pyridine rings is 1. The zero-order valence-corrected chi connectivity index (χ0v) is 14.5. The van der Waals surface area contributed by atoms with Gasteiger partial charge in [0.1, 0.15) is 0 Å². The number of hydrogen-bond donors (Lipinski definition) is 0. The van der Waals surface area contributed by atoms with Crippen LogP contribution in [-0.4, -0.2) is 22.2 Å². The zero-order chi connectivity index (χ0) is 17.4. The molecule has 3 rings (SSSR count). The summed E-state index contributed by atoms with van der Waals surface area (Å²) in [6.07, 6.45) is 1.81. The topological polar surface area (TPSA) is 73.8 Å². The van der Waals surface area contributed by atoms with E-state index in [-0.39, 0.29) is 17.2 Å². The highest BCUT2D eigenvalue weighted by molar-refractivity contribution is 9.10. The van der Waals surface area contributed by atoms with Gasteiger partial charge in [0.25, 0.3) is 0 Å². The molecule has 0 aliphatic heterocycles. The summed E-state index contributed by atoms with van der Waals surface area (Å²) < 4.78 is 7.70. The van der Waals surface area contributed by atoms with Gasteiger partial charge in [0.2, 0.25) is 5.78 Å². The summed E-state index contributed by atoms with van der Waals surface area (Å²) in [5.74, 6) is -0.170. The molecule has 0 saturated heterocycles. The number of aromatic nitrogens is 1. The number of methoxy groups -OCH3 is 1. The first-order valence-corrected chi connectivity index (χ1v) is 7.87. The number of hydrogen-bond acceptors (Lipinski definition) is 4. The molecule has 0 N–H and O–H groups in total. The first-order chi connectivity index (χ1) is 11.5. The van der Waals surface area contributed by atoms with Crippen molar-refractivity contribution in [1.29, 1.82) is 0 Å². The zero-order valence-electron chi connectivity index (χ0n) is 12.9. The number of benzene rings is 1. The van der Waals surface area contributed by atoms with Crippen LogP contribution in [0.15, 0.2) is 47.1 Å². The molecule has 1 aromatic carbocycles. The van der Waals surface area contributed by atoms with Gasteiger partial charge in [-0.3, -0.25) is 14.9 Å². The summed E-state index contributed by atoms with van der Waals surface area (Å²) in [7, 11) is 1.34. The first-order valence-electron chi connectivity index (χ1n) is 7.08. The molecule has 24 heavy (non-hydrogen) atoms. The average Bonchev–Trinajstić information content (AvgIpc) is 2.85. The van der Waals surface area contributed by atoms with Crippen LogP contribution in [0.4, 0.5) is 5.69 Å². The molecular weight excluding hydrogens is 376 g/mol. The monoisotopic (exact) mass is 388 g/mol. The molecule has 0 bridgehead atoms. The highest BCUT2D eigenvalue weighted by Gasteiger charge is 2.23. The fraction of sp³-hybridized carbons (Fsp3) is 0.118. The number of nitro benzene ring substituents is 1. The fourth-order valence-electron chi connectivity index (χ4n) is 2.68. The summed E-state index contributed by atoms with van der Waals surface area (Å²) in [5.41, 5.74) is 2.35. The van der Waals surface area contributed by atoms with Crippen molar-refractivity contribution in [2.45, 2.75) is 6.92 Å². The summed E-state index contributed by atoms with van der Waals surface area (Å²) in [6, 6.07) is 9.76. The Bertz CT molecular complexity index is 978. The van der Waals surface area contributed by atoms with Crippen LogP contribution < -0.4 is 4.74 Å². The number of ketones is 1. The van der Waals surface area contributed by atoms with Gasteiger partial charge in [0, 0.05) is 22.3 Å². The van der Waals surface area contributed by atoms with Gasteiger partial charge in [-0.15, -0.1) is 0 Å². The van der Waals surface area contributed by atoms with E-state index in [0.29, 0.717) is 11.3 Å². The first kappa shape index (κ1) is 16.2. The molecule has 2 aromatic heterocycles. The lowest BCUT2D eigenvalue weighted by atomic mass is 10.0. The smallest absolute Gasteiger partial charge is 0.310 e. The van der Waals surface area contributed by atoms with Crippen LogP contribution in [0.25, 0.3) is 5.52 Å². The summed E-state index contributed by atoms with van der Waals surface area (Å²) in [5, 5.41) is 11.0. The molecule has 0 aliphatic carbocycles. The molecule has 3 aromatic rings. The van der Waals surface area contributed by atoms with Crippen LogP contribution in [0.3, 0.4) is 0 Å². The van der Waals surface area contributed by atoms with Crippen molar-refractivity contribution in [1.82, 2.24) is 4.40 Å². The van der Waals surface area contributed by atoms with Crippen molar-refractivity contribution in [3.63, 3.8) is 0 Å². The van der Waals surface area contributed by atoms with E-state index in [0.717, 1.165) is 15.6 Å². The Kier molecular flexibility index (Phi) is 4.11. The van der Waals surface area contributed by atoms with Gasteiger partial charge < -0.3 is 9.14 Å². The molecule has 7 heteroatoms. The number of fused-ring (bicyclic) bond motifs is 1. The van der Waals surface area contributed by atoms with Gasteiger partial charge in [0.05, 0.1) is 23.2 Å². The second-order valence-corrected chi connectivity index (χ2v) is 6.01. The van der Waals surface area contributed by atoms with Gasteiger partial charge in [0.15, 0.2) is 5.75 Å². The maximum absolute atomic E-state index is 13.0. The largest absolute Gasteiger partial charge is 0.490 e. The molecular formula is C17H13BrN2O4. The van der Waals surface area contributed by atoms with Crippen molar-refractivity contribution in [3.05, 3.63) is 74.0 Å². The standard InChI is InChI=1S/C17H13BrN2O4/c1-10-15(18)13-5-3-4-8-19(13)16(10)17(21)11-6-7-12(20(22)23)14(9-11)24-2/h3-9H,1-2H3. The van der Waals surface area contributed by atoms with Gasteiger partial charge in [-0.2, -0.15) is 0 Å². The van der Waals surface area contributed by atoms with Gasteiger partial charge in [-0.05, 0) is 52.7 Å². The predicted molar refractivity (Wildman–Crippen MR) is 92.9 cm³/mol. The second-order valence-electron chi connectivity index (χ2n) is 5.22. The number of halogens is 1. The average molecular weight is 389 g/mol. The van der Waals surface area contributed by atoms with Gasteiger partial charge >= 0.3 is 5.69 Å². The summed E-state index contributed by atoms with van der Waals surface area (Å²) >= 11 is 3.51. The quantitative estimate of drug-likeness (QED) is 0.382. The lowest BCUT2D eigenvalue weighted by Gasteiger charge is -2.06. The van der Waals surface area contributed by atoms with Crippen LogP contribution in [-0.2, 0) is 0 Å². The molecule has 0 amide bonds. The molecule has 0 aliphatic rings. The fourth-order valence-corrected chi connectivity index (χ4v) is 3.19. The molecule has 0 unspecified atom stereocenters. The van der Waals surface area contributed by atoms with Crippen LogP contribution in [0.1, 0.15) is 21.6 Å². The van der Waals surface area contributed by atoms with E-state index in [1.54, 1.807) is 4.40 Å². The van der Waals surface area contributed by atoms with Crippen molar-refractivity contribution in [2.75, 3.05) is 7.11 Å². The molecule has 0 saturated carbocycles. The number of ether oxygens (including phenoxy) is 1. The van der Waals surface area contributed by atoms with Gasteiger partial charge in [-0.25, -0.2) is 0 Å². The molecule has 6 nitrogen and oxygen atoms in total. The predicted octanol–water partition coefficient (Wildman–Crippen LogP) is 4.16. The highest BCUT2D eigenvalue weighted by Crippen LogP contribution is 2.32. The van der Waals surface area contributed by atoms with Gasteiger partial charge in [-0.1, -0.05) is 6.07 Å². The van der Waals surface area contributed by atoms with Crippen LogP contribution >= 0.6 is 15.9 Å². The summed E-state index contributed by atoms with van der Waals surface area (Å²) in [4.78, 5) is 23.4. The third kappa shape index (κ3) is 2.46. The van der Waals surface area contributed by atoms with Crippen molar-refractivity contribution in [2.24, 2.45) is 0 Å². The van der Waals surface area contributed by atoms with Crippen LogP contribution in [0.5, 0.6) is 5.75 Å². The van der Waals surface area contributed by atoms with Crippen molar-refractivity contribution >= 4 is 32.9 Å². The van der Waals surface area contributed by atoms with Crippen molar-refractivity contribution < 1.29 is 14.5 Å². The lowest BCUT2D eigenvalue weighted by Crippen LogP contribution is -2.07. The lowest BCUT2D eigenvalue weighted by molar-refractivity contribution is -0.385. The third-order valence-corrected chi connectivity index (χ3v) is 4.86. The third-order valence-electron chi connectivity index (χ3n) is 3.86. The second kappa shape index (κ2) is 6.09. The van der Waals surface area contributed by atoms with E-state index < -0.39 is 4.92 Å². The Balaban J connectivity index is 2.17. The van der Waals surface area contributed by atoms with E-state index in [4.69, 9.17) is 4.74 Å². The minimum Gasteiger partial charge on any atom is -0.490 e.